The molecule has 0 aliphatic heterocycles. The lowest BCUT2D eigenvalue weighted by Gasteiger charge is -2.32. The number of hydrogen-bond acceptors (Lipinski definition) is 2. The van der Waals surface area contributed by atoms with Crippen LogP contribution in [0, 0.1) is 23.7 Å². The maximum atomic E-state index is 5.39. The Morgan fingerprint density at radius 2 is 2.04 bits per heavy atom. The van der Waals surface area contributed by atoms with Gasteiger partial charge in [-0.05, 0) is 66.8 Å². The summed E-state index contributed by atoms with van der Waals surface area (Å²) in [5.74, 6) is 3.32. The molecule has 0 amide bonds. The van der Waals surface area contributed by atoms with Crippen molar-refractivity contribution in [3.8, 4) is 0 Å². The largest absolute Gasteiger partial charge is 0.358 e. The van der Waals surface area contributed by atoms with E-state index in [0.717, 1.165) is 29.2 Å². The van der Waals surface area contributed by atoms with Crippen LogP contribution in [0.3, 0.4) is 0 Å². The number of hydrazone groups is 1. The number of thiocarbonyl (C=S) groups is 1. The molecule has 1 aromatic carbocycles. The molecule has 4 heteroatoms. The van der Waals surface area contributed by atoms with Crippen LogP contribution in [0.2, 0.25) is 0 Å². The molecule has 3 aliphatic carbocycles. The zero-order chi connectivity index (χ0) is 16.4. The summed E-state index contributed by atoms with van der Waals surface area (Å²) in [4.78, 5) is 0. The second-order valence-electron chi connectivity index (χ2n) is 7.04. The van der Waals surface area contributed by atoms with E-state index in [2.05, 4.69) is 40.1 Å². The molecule has 2 saturated carbocycles. The van der Waals surface area contributed by atoms with E-state index in [4.69, 9.17) is 12.2 Å². The Labute approximate surface area is 148 Å². The molecule has 124 valence electrons. The summed E-state index contributed by atoms with van der Waals surface area (Å²) >= 11 is 5.39. The summed E-state index contributed by atoms with van der Waals surface area (Å²) in [6, 6.07) is 10.7. The fraction of sp³-hybridized carbons (Fsp3) is 0.400. The van der Waals surface area contributed by atoms with Crippen molar-refractivity contribution in [2.24, 2.45) is 28.8 Å². The van der Waals surface area contributed by atoms with Gasteiger partial charge in [0.15, 0.2) is 5.11 Å². The normalized spacial score (nSPS) is 33.4. The molecule has 5 atom stereocenters. The van der Waals surface area contributed by atoms with Gasteiger partial charge in [0.05, 0.1) is 0 Å². The van der Waals surface area contributed by atoms with Gasteiger partial charge in [-0.15, -0.1) is 0 Å². The third kappa shape index (κ3) is 3.16. The van der Waals surface area contributed by atoms with E-state index in [1.165, 1.54) is 19.3 Å². The minimum Gasteiger partial charge on any atom is -0.358 e. The van der Waals surface area contributed by atoms with E-state index in [-0.39, 0.29) is 0 Å². The number of allylic oxidation sites excluding steroid dienone is 3. The van der Waals surface area contributed by atoms with Crippen molar-refractivity contribution < 1.29 is 0 Å². The first-order valence-corrected chi connectivity index (χ1v) is 9.20. The van der Waals surface area contributed by atoms with Crippen molar-refractivity contribution in [2.75, 3.05) is 0 Å². The molecule has 2 bridgehead atoms. The van der Waals surface area contributed by atoms with Gasteiger partial charge in [-0.1, -0.05) is 48.6 Å². The summed E-state index contributed by atoms with van der Waals surface area (Å²) in [6.45, 7) is 0. The standard InChI is InChI=1S/C20H23N3S/c24-20(23-21-11-5-8-14-6-2-1-3-7-14)22-19-13-15-12-18(19)17-10-4-9-16(15)17/h1-8,10-11,15-19H,9,12-13H2,(H2,22,23,24)/b8-5+,21-11-/t15-,16-,17+,18+,19-/m1/s1. The Hall–Kier alpha value is -1.94. The second-order valence-corrected chi connectivity index (χ2v) is 7.45. The molecular weight excluding hydrogens is 314 g/mol. The smallest absolute Gasteiger partial charge is 0.187 e. The van der Waals surface area contributed by atoms with Crippen LogP contribution < -0.4 is 10.7 Å². The Morgan fingerprint density at radius 3 is 2.92 bits per heavy atom. The number of nitrogens with zero attached hydrogens (tertiary/aromatic N) is 1. The van der Waals surface area contributed by atoms with Crippen molar-refractivity contribution in [3.63, 3.8) is 0 Å². The molecule has 0 radical (unpaired) electrons. The molecule has 2 N–H and O–H groups in total. The molecule has 0 aromatic heterocycles. The quantitative estimate of drug-likeness (QED) is 0.380. The molecule has 4 rings (SSSR count). The van der Waals surface area contributed by atoms with Crippen LogP contribution in [0.1, 0.15) is 24.8 Å². The summed E-state index contributed by atoms with van der Waals surface area (Å²) in [5.41, 5.74) is 4.09. The summed E-state index contributed by atoms with van der Waals surface area (Å²) in [6.07, 6.45) is 14.4. The number of hydrogen-bond donors (Lipinski definition) is 2. The monoisotopic (exact) mass is 337 g/mol. The predicted octanol–water partition coefficient (Wildman–Crippen LogP) is 3.75. The first kappa shape index (κ1) is 15.6. The minimum absolute atomic E-state index is 0.508. The lowest BCUT2D eigenvalue weighted by Crippen LogP contribution is -2.45. The zero-order valence-electron chi connectivity index (χ0n) is 13.6. The van der Waals surface area contributed by atoms with Gasteiger partial charge in [0.2, 0.25) is 0 Å². The van der Waals surface area contributed by atoms with E-state index in [0.29, 0.717) is 11.2 Å². The second kappa shape index (κ2) is 6.89. The maximum Gasteiger partial charge on any atom is 0.187 e. The van der Waals surface area contributed by atoms with Crippen LogP contribution >= 0.6 is 12.2 Å². The number of nitrogens with one attached hydrogen (secondary N) is 2. The van der Waals surface area contributed by atoms with Crippen molar-refractivity contribution in [2.45, 2.75) is 25.3 Å². The van der Waals surface area contributed by atoms with E-state index in [1.807, 2.05) is 30.4 Å². The average molecular weight is 337 g/mol. The van der Waals surface area contributed by atoms with Gasteiger partial charge in [0.25, 0.3) is 0 Å². The lowest BCUT2D eigenvalue weighted by molar-refractivity contribution is 0.246. The van der Waals surface area contributed by atoms with Crippen LogP contribution in [-0.2, 0) is 0 Å². The fourth-order valence-electron chi connectivity index (χ4n) is 4.77. The minimum atomic E-state index is 0.508. The highest BCUT2D eigenvalue weighted by molar-refractivity contribution is 7.80. The van der Waals surface area contributed by atoms with Crippen LogP contribution in [0.15, 0.2) is 53.7 Å². The Balaban J connectivity index is 1.24. The summed E-state index contributed by atoms with van der Waals surface area (Å²) in [7, 11) is 0. The topological polar surface area (TPSA) is 36.4 Å². The highest BCUT2D eigenvalue weighted by Crippen LogP contribution is 2.56. The van der Waals surface area contributed by atoms with E-state index in [1.54, 1.807) is 6.21 Å². The SMILES string of the molecule is S=C(N/N=C\C=C\c1ccccc1)N[C@@H]1C[C@H]2C[C@H]1[C@H]1C=CC[C@H]21. The van der Waals surface area contributed by atoms with Crippen molar-refractivity contribution in [3.05, 3.63) is 54.1 Å². The molecule has 0 spiro atoms. The van der Waals surface area contributed by atoms with Crippen molar-refractivity contribution in [1.82, 2.24) is 10.7 Å². The Morgan fingerprint density at radius 1 is 1.17 bits per heavy atom. The molecule has 1 aromatic rings. The van der Waals surface area contributed by atoms with E-state index < -0.39 is 0 Å². The molecule has 2 fully saturated rings. The van der Waals surface area contributed by atoms with E-state index >= 15 is 0 Å². The summed E-state index contributed by atoms with van der Waals surface area (Å²) < 4.78 is 0. The van der Waals surface area contributed by atoms with Crippen LogP contribution in [-0.4, -0.2) is 17.4 Å². The average Bonchev–Trinajstić information content (AvgIpc) is 3.28. The Kier molecular flexibility index (Phi) is 4.48. The Bertz CT molecular complexity index is 679. The number of benzene rings is 1. The molecule has 0 saturated heterocycles. The van der Waals surface area contributed by atoms with Gasteiger partial charge in [-0.2, -0.15) is 5.10 Å². The van der Waals surface area contributed by atoms with Gasteiger partial charge >= 0.3 is 0 Å². The van der Waals surface area contributed by atoms with Gasteiger partial charge in [-0.3, -0.25) is 5.43 Å². The van der Waals surface area contributed by atoms with Gasteiger partial charge < -0.3 is 5.32 Å². The molecule has 0 heterocycles. The molecule has 24 heavy (non-hydrogen) atoms. The summed E-state index contributed by atoms with van der Waals surface area (Å²) in [5, 5.41) is 8.29. The molecular formula is C20H23N3S. The first-order valence-electron chi connectivity index (χ1n) is 8.79. The van der Waals surface area contributed by atoms with Crippen molar-refractivity contribution in [1.29, 1.82) is 0 Å². The third-order valence-corrected chi connectivity index (χ3v) is 5.95. The molecule has 0 unspecified atom stereocenters. The molecule has 3 nitrogen and oxygen atoms in total. The highest BCUT2D eigenvalue weighted by Gasteiger charge is 2.52. The van der Waals surface area contributed by atoms with Crippen LogP contribution in [0.25, 0.3) is 6.08 Å². The van der Waals surface area contributed by atoms with Crippen molar-refractivity contribution >= 4 is 29.6 Å². The lowest BCUT2D eigenvalue weighted by atomic mass is 9.79. The first-order chi connectivity index (χ1) is 11.8. The maximum absolute atomic E-state index is 5.39. The van der Waals surface area contributed by atoms with Crippen LogP contribution in [0.4, 0.5) is 0 Å². The highest BCUT2D eigenvalue weighted by atomic mass is 32.1. The third-order valence-electron chi connectivity index (χ3n) is 5.74. The van der Waals surface area contributed by atoms with Gasteiger partial charge in [0, 0.05) is 12.3 Å². The molecule has 3 aliphatic rings. The van der Waals surface area contributed by atoms with E-state index in [9.17, 15) is 0 Å². The van der Waals surface area contributed by atoms with Gasteiger partial charge in [0.1, 0.15) is 0 Å². The predicted molar refractivity (Wildman–Crippen MR) is 104 cm³/mol. The number of rotatable bonds is 4. The fourth-order valence-corrected chi connectivity index (χ4v) is 4.97. The van der Waals surface area contributed by atoms with Crippen LogP contribution in [0.5, 0.6) is 0 Å². The number of fused-ring (bicyclic) bond motifs is 5. The van der Waals surface area contributed by atoms with Gasteiger partial charge in [-0.25, -0.2) is 0 Å². The zero-order valence-corrected chi connectivity index (χ0v) is 14.5.